The third kappa shape index (κ3) is 4.78. The Balaban J connectivity index is 1.50. The van der Waals surface area contributed by atoms with E-state index in [1.165, 1.54) is 19.2 Å². The van der Waals surface area contributed by atoms with Crippen LogP contribution in [0.3, 0.4) is 0 Å². The van der Waals surface area contributed by atoms with Gasteiger partial charge in [-0.15, -0.1) is 0 Å². The molecule has 1 amide bonds. The first-order valence-electron chi connectivity index (χ1n) is 9.97. The fraction of sp³-hybridized carbons (Fsp3) is 0.273. The molecule has 1 aliphatic carbocycles. The lowest BCUT2D eigenvalue weighted by molar-refractivity contribution is 0.0939. The molecule has 0 saturated heterocycles. The molecule has 2 N–H and O–H groups in total. The molecule has 1 aromatic heterocycles. The van der Waals surface area contributed by atoms with Crippen LogP contribution in [-0.4, -0.2) is 37.0 Å². The number of aromatic nitrogens is 2. The predicted molar refractivity (Wildman–Crippen MR) is 116 cm³/mol. The quantitative estimate of drug-likeness (QED) is 0.561. The minimum absolute atomic E-state index is 0.0353. The maximum atomic E-state index is 12.8. The number of methoxy groups -OCH3 is 1. The van der Waals surface area contributed by atoms with Gasteiger partial charge in [0.25, 0.3) is 5.91 Å². The van der Waals surface area contributed by atoms with Crippen molar-refractivity contribution in [3.63, 3.8) is 0 Å². The number of nitrogens with one attached hydrogen (secondary N) is 2. The molecule has 1 heterocycles. The van der Waals surface area contributed by atoms with Gasteiger partial charge >= 0.3 is 0 Å². The van der Waals surface area contributed by atoms with Crippen LogP contribution < -0.4 is 14.8 Å². The second kappa shape index (κ2) is 8.52. The first-order valence-corrected chi connectivity index (χ1v) is 11.5. The van der Waals surface area contributed by atoms with E-state index in [-0.39, 0.29) is 34.2 Å². The first kappa shape index (κ1) is 21.1. The smallest absolute Gasteiger partial charge is 0.251 e. The number of carbonyl (C=O) groups is 1. The Morgan fingerprint density at radius 3 is 2.55 bits per heavy atom. The molecule has 162 valence electrons. The monoisotopic (exact) mass is 440 g/mol. The van der Waals surface area contributed by atoms with Crippen molar-refractivity contribution >= 4 is 15.9 Å². The van der Waals surface area contributed by atoms with Crippen LogP contribution in [0.4, 0.5) is 0 Å². The summed E-state index contributed by atoms with van der Waals surface area (Å²) in [7, 11) is -2.36. The molecule has 1 fully saturated rings. The second-order valence-electron chi connectivity index (χ2n) is 7.52. The number of nitrogens with zero attached hydrogens (tertiary/aromatic N) is 2. The van der Waals surface area contributed by atoms with Crippen LogP contribution >= 0.6 is 0 Å². The Labute approximate surface area is 181 Å². The predicted octanol–water partition coefficient (Wildman–Crippen LogP) is 2.81. The van der Waals surface area contributed by atoms with Gasteiger partial charge in [0.05, 0.1) is 19.5 Å². The number of hydrogen-bond acceptors (Lipinski definition) is 5. The lowest BCUT2D eigenvalue weighted by Gasteiger charge is -2.16. The van der Waals surface area contributed by atoms with E-state index in [0.717, 1.165) is 24.1 Å². The van der Waals surface area contributed by atoms with Gasteiger partial charge in [-0.2, -0.15) is 0 Å². The van der Waals surface area contributed by atoms with Gasteiger partial charge in [0.2, 0.25) is 10.0 Å². The van der Waals surface area contributed by atoms with E-state index in [1.807, 2.05) is 42.0 Å². The SMILES string of the molecule is COc1ccc(C(=O)NC(C)c2ccc(-n3ccnc3)cc2)cc1S(=O)(=O)NC1CC1. The third-order valence-electron chi connectivity index (χ3n) is 5.16. The Morgan fingerprint density at radius 2 is 1.94 bits per heavy atom. The number of rotatable bonds is 8. The summed E-state index contributed by atoms with van der Waals surface area (Å²) in [6, 6.07) is 11.9. The Morgan fingerprint density at radius 1 is 1.19 bits per heavy atom. The molecule has 0 bridgehead atoms. The van der Waals surface area contributed by atoms with Crippen molar-refractivity contribution in [2.45, 2.75) is 36.7 Å². The van der Waals surface area contributed by atoms with Crippen LogP contribution in [0.1, 0.15) is 41.7 Å². The van der Waals surface area contributed by atoms with E-state index >= 15 is 0 Å². The van der Waals surface area contributed by atoms with E-state index in [2.05, 4.69) is 15.0 Å². The van der Waals surface area contributed by atoms with E-state index in [0.29, 0.717) is 0 Å². The highest BCUT2D eigenvalue weighted by Gasteiger charge is 2.30. The number of imidazole rings is 1. The van der Waals surface area contributed by atoms with Gasteiger partial charge in [-0.05, 0) is 55.7 Å². The molecule has 1 aliphatic rings. The molecule has 1 saturated carbocycles. The molecule has 3 aromatic rings. The van der Waals surface area contributed by atoms with Gasteiger partial charge in [0, 0.05) is 29.7 Å². The highest BCUT2D eigenvalue weighted by Crippen LogP contribution is 2.28. The average Bonchev–Trinajstić information content (AvgIpc) is 3.39. The number of carbonyl (C=O) groups excluding carboxylic acids is 1. The summed E-state index contributed by atoms with van der Waals surface area (Å²) < 4.78 is 35.1. The Hall–Kier alpha value is -3.17. The molecule has 0 spiro atoms. The molecule has 31 heavy (non-hydrogen) atoms. The summed E-state index contributed by atoms with van der Waals surface area (Å²) in [5, 5.41) is 2.92. The summed E-state index contributed by atoms with van der Waals surface area (Å²) in [5.74, 6) is -0.162. The van der Waals surface area contributed by atoms with Crippen LogP contribution in [-0.2, 0) is 10.0 Å². The van der Waals surface area contributed by atoms with E-state index < -0.39 is 10.0 Å². The summed E-state index contributed by atoms with van der Waals surface area (Å²) in [4.78, 5) is 16.8. The molecule has 2 aromatic carbocycles. The van der Waals surface area contributed by atoms with Crippen LogP contribution in [0.5, 0.6) is 5.75 Å². The highest BCUT2D eigenvalue weighted by molar-refractivity contribution is 7.89. The van der Waals surface area contributed by atoms with Crippen molar-refractivity contribution < 1.29 is 17.9 Å². The van der Waals surface area contributed by atoms with E-state index in [4.69, 9.17) is 4.74 Å². The average molecular weight is 441 g/mol. The number of sulfonamides is 1. The fourth-order valence-electron chi connectivity index (χ4n) is 3.22. The van der Waals surface area contributed by atoms with Gasteiger partial charge in [0.1, 0.15) is 10.6 Å². The molecule has 9 heteroatoms. The minimum Gasteiger partial charge on any atom is -0.495 e. The minimum atomic E-state index is -3.77. The zero-order chi connectivity index (χ0) is 22.0. The first-order chi connectivity index (χ1) is 14.9. The zero-order valence-corrected chi connectivity index (χ0v) is 18.1. The van der Waals surface area contributed by atoms with Crippen molar-refractivity contribution in [2.75, 3.05) is 7.11 Å². The summed E-state index contributed by atoms with van der Waals surface area (Å²) in [5.41, 5.74) is 2.14. The number of hydrogen-bond donors (Lipinski definition) is 2. The third-order valence-corrected chi connectivity index (χ3v) is 6.70. The molecule has 4 rings (SSSR count). The van der Waals surface area contributed by atoms with Crippen LogP contribution in [0.15, 0.2) is 66.1 Å². The topological polar surface area (TPSA) is 102 Å². The molecular weight excluding hydrogens is 416 g/mol. The van der Waals surface area contributed by atoms with Gasteiger partial charge in [0.15, 0.2) is 0 Å². The largest absolute Gasteiger partial charge is 0.495 e. The molecule has 8 nitrogen and oxygen atoms in total. The van der Waals surface area contributed by atoms with Gasteiger partial charge in [-0.25, -0.2) is 18.1 Å². The Bertz CT molecular complexity index is 1170. The van der Waals surface area contributed by atoms with Crippen molar-refractivity contribution in [2.24, 2.45) is 0 Å². The van der Waals surface area contributed by atoms with Crippen molar-refractivity contribution in [3.8, 4) is 11.4 Å². The van der Waals surface area contributed by atoms with Crippen LogP contribution in [0.25, 0.3) is 5.69 Å². The van der Waals surface area contributed by atoms with Crippen LogP contribution in [0, 0.1) is 0 Å². The summed E-state index contributed by atoms with van der Waals surface area (Å²) in [6.45, 7) is 1.87. The van der Waals surface area contributed by atoms with Gasteiger partial charge < -0.3 is 14.6 Å². The maximum absolute atomic E-state index is 12.8. The maximum Gasteiger partial charge on any atom is 0.251 e. The molecule has 1 atom stereocenters. The number of amides is 1. The van der Waals surface area contributed by atoms with Crippen molar-refractivity contribution in [3.05, 3.63) is 72.3 Å². The normalized spacial score (nSPS) is 14.8. The summed E-state index contributed by atoms with van der Waals surface area (Å²) in [6.07, 6.45) is 6.92. The van der Waals surface area contributed by atoms with E-state index in [9.17, 15) is 13.2 Å². The summed E-state index contributed by atoms with van der Waals surface area (Å²) >= 11 is 0. The number of benzene rings is 2. The zero-order valence-electron chi connectivity index (χ0n) is 17.3. The van der Waals surface area contributed by atoms with Crippen molar-refractivity contribution in [1.82, 2.24) is 19.6 Å². The molecule has 1 unspecified atom stereocenters. The highest BCUT2D eigenvalue weighted by atomic mass is 32.2. The Kier molecular flexibility index (Phi) is 5.79. The van der Waals surface area contributed by atoms with E-state index in [1.54, 1.807) is 18.6 Å². The lowest BCUT2D eigenvalue weighted by Crippen LogP contribution is -2.28. The standard InChI is InChI=1S/C22H24N4O4S/c1-15(16-3-8-19(9-4-16)26-12-11-23-14-26)24-22(27)17-5-10-20(30-2)21(13-17)31(28,29)25-18-6-7-18/h3-5,8-15,18,25H,6-7H2,1-2H3,(H,24,27). The second-order valence-corrected chi connectivity index (χ2v) is 9.20. The molecule has 0 radical (unpaired) electrons. The van der Waals surface area contributed by atoms with Gasteiger partial charge in [-0.1, -0.05) is 12.1 Å². The fourth-order valence-corrected chi connectivity index (χ4v) is 4.72. The van der Waals surface area contributed by atoms with Crippen molar-refractivity contribution in [1.29, 1.82) is 0 Å². The van der Waals surface area contributed by atoms with Crippen LogP contribution in [0.2, 0.25) is 0 Å². The lowest BCUT2D eigenvalue weighted by atomic mass is 10.1. The molecular formula is C22H24N4O4S. The number of ether oxygens (including phenoxy) is 1. The van der Waals surface area contributed by atoms with Gasteiger partial charge in [-0.3, -0.25) is 4.79 Å². The molecule has 0 aliphatic heterocycles.